The smallest absolute Gasteiger partial charge is 0.271 e. The molecule has 2 atom stereocenters. The highest BCUT2D eigenvalue weighted by molar-refractivity contribution is 14.1. The topological polar surface area (TPSA) is 203 Å². The number of nitrogens with two attached hydrogens (primary N) is 1. The number of nitro groups is 1. The number of fused-ring (bicyclic) bond motifs is 1. The van der Waals surface area contributed by atoms with Gasteiger partial charge in [0.05, 0.1) is 27.2 Å². The van der Waals surface area contributed by atoms with Crippen LogP contribution in [0.15, 0.2) is 36.4 Å². The first-order chi connectivity index (χ1) is 17.0. The number of nitrogens with zero attached hydrogens (tertiary/aromatic N) is 1. The van der Waals surface area contributed by atoms with Crippen LogP contribution in [-0.4, -0.2) is 58.9 Å². The van der Waals surface area contributed by atoms with Crippen LogP contribution in [0.5, 0.6) is 11.5 Å². The lowest BCUT2D eigenvalue weighted by atomic mass is 10.0. The first-order valence-corrected chi connectivity index (χ1v) is 11.7. The van der Waals surface area contributed by atoms with Crippen LogP contribution in [-0.2, 0) is 20.8 Å². The highest BCUT2D eigenvalue weighted by Crippen LogP contribution is 2.31. The fourth-order valence-electron chi connectivity index (χ4n) is 3.41. The van der Waals surface area contributed by atoms with Crippen molar-refractivity contribution in [3.05, 3.63) is 61.2 Å². The van der Waals surface area contributed by atoms with Crippen molar-refractivity contribution in [3.8, 4) is 11.5 Å². The molecule has 14 heteroatoms. The largest absolute Gasteiger partial charge is 0.508 e. The van der Waals surface area contributed by atoms with Crippen LogP contribution in [0.4, 0.5) is 5.69 Å². The number of nitro benzene ring substituents is 1. The van der Waals surface area contributed by atoms with E-state index in [-0.39, 0.29) is 45.8 Å². The molecule has 36 heavy (non-hydrogen) atoms. The number of non-ortho nitro benzene ring substituents is 1. The Morgan fingerprint density at radius 3 is 2.53 bits per heavy atom. The molecule has 0 radical (unpaired) electrons. The van der Waals surface area contributed by atoms with E-state index in [1.165, 1.54) is 18.2 Å². The van der Waals surface area contributed by atoms with Crippen LogP contribution in [0.1, 0.15) is 22.3 Å². The quantitative estimate of drug-likeness (QED) is 0.182. The van der Waals surface area contributed by atoms with Crippen LogP contribution in [0.25, 0.3) is 0 Å². The van der Waals surface area contributed by atoms with Crippen molar-refractivity contribution in [2.75, 3.05) is 13.2 Å². The van der Waals surface area contributed by atoms with Crippen molar-refractivity contribution >= 4 is 51.9 Å². The summed E-state index contributed by atoms with van der Waals surface area (Å²) in [5.74, 6) is -3.03. The summed E-state index contributed by atoms with van der Waals surface area (Å²) in [4.78, 5) is 61.0. The van der Waals surface area contributed by atoms with Gasteiger partial charge in [-0.1, -0.05) is 12.1 Å². The SMILES string of the molecule is NC(=O)C1CCOc2c(I)cc([N+](=O)[O-])cc2C(=O)NC(Cc2ccc(O)cc2)C(=O)NCC(=O)N1. The second-order valence-corrected chi connectivity index (χ2v) is 9.00. The van der Waals surface area contributed by atoms with Gasteiger partial charge in [-0.25, -0.2) is 0 Å². The number of aromatic hydroxyl groups is 1. The Morgan fingerprint density at radius 2 is 1.89 bits per heavy atom. The summed E-state index contributed by atoms with van der Waals surface area (Å²) in [7, 11) is 0. The average Bonchev–Trinajstić information content (AvgIpc) is 2.82. The second kappa shape index (κ2) is 11.7. The number of ether oxygens (including phenoxy) is 1. The Morgan fingerprint density at radius 1 is 1.19 bits per heavy atom. The lowest BCUT2D eigenvalue weighted by Gasteiger charge is -2.22. The number of carbonyl (C=O) groups is 4. The number of carbonyl (C=O) groups excluding carboxylic acids is 4. The number of halogens is 1. The molecule has 190 valence electrons. The monoisotopic (exact) mass is 611 g/mol. The molecule has 13 nitrogen and oxygen atoms in total. The fourth-order valence-corrected chi connectivity index (χ4v) is 4.18. The maximum atomic E-state index is 13.2. The number of phenols is 1. The number of hydrogen-bond donors (Lipinski definition) is 5. The molecule has 0 saturated heterocycles. The number of hydrogen-bond acceptors (Lipinski definition) is 8. The number of amides is 4. The van der Waals surface area contributed by atoms with E-state index in [1.54, 1.807) is 34.7 Å². The third-order valence-electron chi connectivity index (χ3n) is 5.24. The summed E-state index contributed by atoms with van der Waals surface area (Å²) in [6.07, 6.45) is -0.0712. The van der Waals surface area contributed by atoms with Gasteiger partial charge in [-0.05, 0) is 40.3 Å². The zero-order chi connectivity index (χ0) is 26.4. The van der Waals surface area contributed by atoms with Crippen molar-refractivity contribution in [1.82, 2.24) is 16.0 Å². The predicted octanol–water partition coefficient (Wildman–Crippen LogP) is 0.115. The van der Waals surface area contributed by atoms with Crippen LogP contribution in [0, 0.1) is 13.7 Å². The van der Waals surface area contributed by atoms with Gasteiger partial charge in [0.1, 0.15) is 23.6 Å². The first-order valence-electron chi connectivity index (χ1n) is 10.6. The zero-order valence-corrected chi connectivity index (χ0v) is 20.8. The van der Waals surface area contributed by atoms with E-state index in [4.69, 9.17) is 10.5 Å². The number of primary amides is 1. The molecule has 6 N–H and O–H groups in total. The molecule has 2 aromatic carbocycles. The van der Waals surface area contributed by atoms with Gasteiger partial charge in [-0.3, -0.25) is 29.3 Å². The molecule has 0 aromatic heterocycles. The van der Waals surface area contributed by atoms with Crippen molar-refractivity contribution < 1.29 is 33.9 Å². The molecule has 0 fully saturated rings. The van der Waals surface area contributed by atoms with Crippen molar-refractivity contribution in [2.45, 2.75) is 24.9 Å². The van der Waals surface area contributed by atoms with Crippen LogP contribution < -0.4 is 26.4 Å². The Labute approximate surface area is 218 Å². The minimum atomic E-state index is -1.20. The molecule has 2 unspecified atom stereocenters. The molecule has 0 aliphatic carbocycles. The van der Waals surface area contributed by atoms with E-state index in [0.717, 1.165) is 6.07 Å². The minimum absolute atomic E-state index is 0.00637. The van der Waals surface area contributed by atoms with E-state index >= 15 is 0 Å². The van der Waals surface area contributed by atoms with Crippen LogP contribution in [0.2, 0.25) is 0 Å². The Hall–Kier alpha value is -3.95. The number of benzene rings is 2. The maximum Gasteiger partial charge on any atom is 0.271 e. The Balaban J connectivity index is 2.02. The summed E-state index contributed by atoms with van der Waals surface area (Å²) < 4.78 is 5.95. The molecular formula is C22H22IN5O8. The lowest BCUT2D eigenvalue weighted by Crippen LogP contribution is -2.52. The van der Waals surface area contributed by atoms with Gasteiger partial charge >= 0.3 is 0 Å². The molecule has 1 heterocycles. The Bertz CT molecular complexity index is 1200. The third-order valence-corrected chi connectivity index (χ3v) is 6.04. The van der Waals surface area contributed by atoms with Crippen LogP contribution >= 0.6 is 22.6 Å². The van der Waals surface area contributed by atoms with Gasteiger partial charge in [0.25, 0.3) is 11.6 Å². The van der Waals surface area contributed by atoms with E-state index in [2.05, 4.69) is 16.0 Å². The summed E-state index contributed by atoms with van der Waals surface area (Å²) in [5.41, 5.74) is 5.39. The van der Waals surface area contributed by atoms with Gasteiger partial charge < -0.3 is 31.5 Å². The summed E-state index contributed by atoms with van der Waals surface area (Å²) in [6, 6.07) is 5.84. The van der Waals surface area contributed by atoms with Crippen molar-refractivity contribution in [3.63, 3.8) is 0 Å². The van der Waals surface area contributed by atoms with Gasteiger partial charge in [0, 0.05) is 25.0 Å². The maximum absolute atomic E-state index is 13.2. The Kier molecular flexibility index (Phi) is 8.63. The lowest BCUT2D eigenvalue weighted by molar-refractivity contribution is -0.385. The third kappa shape index (κ3) is 6.80. The van der Waals surface area contributed by atoms with Crippen molar-refractivity contribution in [1.29, 1.82) is 0 Å². The average molecular weight is 611 g/mol. The van der Waals surface area contributed by atoms with Gasteiger partial charge in [-0.15, -0.1) is 0 Å². The van der Waals surface area contributed by atoms with E-state index < -0.39 is 47.2 Å². The zero-order valence-electron chi connectivity index (χ0n) is 18.7. The minimum Gasteiger partial charge on any atom is -0.508 e. The fraction of sp³-hybridized carbons (Fsp3) is 0.273. The molecule has 0 bridgehead atoms. The summed E-state index contributed by atoms with van der Waals surface area (Å²) >= 11 is 1.77. The molecular weight excluding hydrogens is 589 g/mol. The second-order valence-electron chi connectivity index (χ2n) is 7.84. The van der Waals surface area contributed by atoms with Crippen molar-refractivity contribution in [2.24, 2.45) is 5.73 Å². The number of rotatable bonds is 4. The summed E-state index contributed by atoms with van der Waals surface area (Å²) in [5, 5.41) is 28.3. The predicted molar refractivity (Wildman–Crippen MR) is 133 cm³/mol. The summed E-state index contributed by atoms with van der Waals surface area (Å²) in [6.45, 7) is -0.642. The van der Waals surface area contributed by atoms with Gasteiger partial charge in [-0.2, -0.15) is 0 Å². The van der Waals surface area contributed by atoms with E-state index in [1.807, 2.05) is 0 Å². The highest BCUT2D eigenvalue weighted by atomic mass is 127. The molecule has 1 aliphatic heterocycles. The molecule has 2 aromatic rings. The highest BCUT2D eigenvalue weighted by Gasteiger charge is 2.28. The van der Waals surface area contributed by atoms with E-state index in [9.17, 15) is 34.4 Å². The molecule has 3 rings (SSSR count). The van der Waals surface area contributed by atoms with Gasteiger partial charge in [0.15, 0.2) is 0 Å². The standard InChI is InChI=1S/C22H22IN5O8/c23-15-9-12(28(34)35)8-14-19(15)36-6-5-16(20(24)31)26-18(30)10-25-22(33)17(27-21(14)32)7-11-1-3-13(29)4-2-11/h1-4,8-9,16-17,29H,5-7,10H2,(H2,24,31)(H,25,33)(H,26,30)(H,27,32). The first kappa shape index (κ1) is 26.7. The normalized spacial score (nSPS) is 19.0. The van der Waals surface area contributed by atoms with E-state index in [0.29, 0.717) is 5.56 Å². The molecule has 1 aliphatic rings. The van der Waals surface area contributed by atoms with Crippen LogP contribution in [0.3, 0.4) is 0 Å². The molecule has 4 amide bonds. The molecule has 0 saturated carbocycles. The number of nitrogens with one attached hydrogen (secondary N) is 3. The molecule has 0 spiro atoms. The number of phenolic OH excluding ortho intramolecular Hbond substituents is 1. The van der Waals surface area contributed by atoms with Gasteiger partial charge in [0.2, 0.25) is 17.7 Å².